The first-order valence-electron chi connectivity index (χ1n) is 6.99. The predicted octanol–water partition coefficient (Wildman–Crippen LogP) is 3.38. The van der Waals surface area contributed by atoms with Crippen molar-refractivity contribution >= 4 is 11.6 Å². The van der Waals surface area contributed by atoms with Gasteiger partial charge in [-0.15, -0.1) is 0 Å². The number of carbonyl (C=O) groups is 1. The van der Waals surface area contributed by atoms with Gasteiger partial charge in [-0.3, -0.25) is 4.79 Å². The van der Waals surface area contributed by atoms with Crippen molar-refractivity contribution < 1.29 is 18.3 Å². The minimum absolute atomic E-state index is 0.0629. The second kappa shape index (κ2) is 8.56. The van der Waals surface area contributed by atoms with Crippen LogP contribution in [-0.2, 0) is 4.79 Å². The molecule has 6 heteroatoms. The van der Waals surface area contributed by atoms with Crippen molar-refractivity contribution in [3.05, 3.63) is 24.3 Å². The van der Waals surface area contributed by atoms with E-state index in [1.807, 2.05) is 13.8 Å². The Bertz CT molecular complexity index is 436. The minimum Gasteiger partial charge on any atom is -0.435 e. The van der Waals surface area contributed by atoms with Gasteiger partial charge in [-0.05, 0) is 44.0 Å². The van der Waals surface area contributed by atoms with Crippen molar-refractivity contribution in [1.82, 2.24) is 0 Å². The monoisotopic (exact) mass is 300 g/mol. The van der Waals surface area contributed by atoms with Gasteiger partial charge in [0.15, 0.2) is 0 Å². The molecular weight excluding hydrogens is 278 g/mol. The molecule has 0 saturated heterocycles. The van der Waals surface area contributed by atoms with Crippen LogP contribution in [0.15, 0.2) is 24.3 Å². The number of nitrogens with two attached hydrogens (primary N) is 1. The lowest BCUT2D eigenvalue weighted by Crippen LogP contribution is -2.21. The Labute approximate surface area is 123 Å². The van der Waals surface area contributed by atoms with Gasteiger partial charge in [0.25, 0.3) is 0 Å². The zero-order valence-corrected chi connectivity index (χ0v) is 12.3. The van der Waals surface area contributed by atoms with E-state index in [-0.39, 0.29) is 23.6 Å². The first kappa shape index (κ1) is 17.4. The van der Waals surface area contributed by atoms with Crippen molar-refractivity contribution in [3.8, 4) is 5.75 Å². The smallest absolute Gasteiger partial charge is 0.387 e. The maximum atomic E-state index is 12.0. The average Bonchev–Trinajstić information content (AvgIpc) is 2.39. The molecule has 2 atom stereocenters. The second-order valence-corrected chi connectivity index (χ2v) is 5.20. The summed E-state index contributed by atoms with van der Waals surface area (Å²) in [4.78, 5) is 12.0. The summed E-state index contributed by atoms with van der Waals surface area (Å²) in [5, 5.41) is 2.75. The highest BCUT2D eigenvalue weighted by molar-refractivity contribution is 5.92. The fourth-order valence-electron chi connectivity index (χ4n) is 1.86. The van der Waals surface area contributed by atoms with Crippen LogP contribution in [0.4, 0.5) is 14.5 Å². The zero-order chi connectivity index (χ0) is 15.8. The van der Waals surface area contributed by atoms with Gasteiger partial charge in [-0.25, -0.2) is 0 Å². The molecule has 4 nitrogen and oxygen atoms in total. The van der Waals surface area contributed by atoms with Gasteiger partial charge in [0.05, 0.1) is 0 Å². The SMILES string of the molecule is CC(N)CCCC(C)C(=O)Nc1ccc(OC(F)F)cc1. The molecule has 21 heavy (non-hydrogen) atoms. The highest BCUT2D eigenvalue weighted by atomic mass is 19.3. The zero-order valence-electron chi connectivity index (χ0n) is 12.3. The fraction of sp³-hybridized carbons (Fsp3) is 0.533. The Hall–Kier alpha value is -1.69. The molecule has 3 N–H and O–H groups in total. The highest BCUT2D eigenvalue weighted by Gasteiger charge is 2.13. The summed E-state index contributed by atoms with van der Waals surface area (Å²) >= 11 is 0. The van der Waals surface area contributed by atoms with E-state index in [4.69, 9.17) is 5.73 Å². The largest absolute Gasteiger partial charge is 0.435 e. The van der Waals surface area contributed by atoms with E-state index in [1.165, 1.54) is 24.3 Å². The maximum Gasteiger partial charge on any atom is 0.387 e. The fourth-order valence-corrected chi connectivity index (χ4v) is 1.86. The molecule has 0 aliphatic heterocycles. The lowest BCUT2D eigenvalue weighted by atomic mass is 10.0. The molecule has 118 valence electrons. The van der Waals surface area contributed by atoms with Gasteiger partial charge in [-0.2, -0.15) is 8.78 Å². The molecule has 1 aromatic carbocycles. The number of hydrogen-bond donors (Lipinski definition) is 2. The van der Waals surface area contributed by atoms with Crippen molar-refractivity contribution in [2.24, 2.45) is 11.7 Å². The van der Waals surface area contributed by atoms with Crippen molar-refractivity contribution in [1.29, 1.82) is 0 Å². The van der Waals surface area contributed by atoms with Crippen LogP contribution in [0.3, 0.4) is 0 Å². The maximum absolute atomic E-state index is 12.0. The van der Waals surface area contributed by atoms with Gasteiger partial charge < -0.3 is 15.8 Å². The summed E-state index contributed by atoms with van der Waals surface area (Å²) in [6.07, 6.45) is 2.55. The van der Waals surface area contributed by atoms with E-state index in [2.05, 4.69) is 10.1 Å². The molecule has 1 aromatic rings. The summed E-state index contributed by atoms with van der Waals surface area (Å²) in [7, 11) is 0. The number of hydrogen-bond acceptors (Lipinski definition) is 3. The van der Waals surface area contributed by atoms with E-state index in [0.717, 1.165) is 19.3 Å². The number of benzene rings is 1. The topological polar surface area (TPSA) is 64.4 Å². The molecule has 1 amide bonds. The lowest BCUT2D eigenvalue weighted by molar-refractivity contribution is -0.119. The Kier molecular flexibility index (Phi) is 7.08. The minimum atomic E-state index is -2.85. The quantitative estimate of drug-likeness (QED) is 0.773. The summed E-state index contributed by atoms with van der Waals surface area (Å²) in [5.74, 6) is -0.157. The summed E-state index contributed by atoms with van der Waals surface area (Å²) in [6.45, 7) is 0.939. The molecular formula is C15H22F2N2O2. The standard InChI is InChI=1S/C15H22F2N2O2/c1-10(4-3-5-11(2)18)14(20)19-12-6-8-13(9-7-12)21-15(16)17/h6-11,15H,3-5,18H2,1-2H3,(H,19,20). The molecule has 0 bridgehead atoms. The Balaban J connectivity index is 2.43. The van der Waals surface area contributed by atoms with E-state index in [0.29, 0.717) is 5.69 Å². The van der Waals surface area contributed by atoms with Crippen LogP contribution >= 0.6 is 0 Å². The Morgan fingerprint density at radius 3 is 2.38 bits per heavy atom. The van der Waals surface area contributed by atoms with Crippen molar-refractivity contribution in [2.75, 3.05) is 5.32 Å². The molecule has 0 aromatic heterocycles. The number of ether oxygens (including phenoxy) is 1. The van der Waals surface area contributed by atoms with E-state index in [1.54, 1.807) is 0 Å². The number of rotatable bonds is 8. The first-order chi connectivity index (χ1) is 9.88. The number of nitrogens with one attached hydrogen (secondary N) is 1. The van der Waals surface area contributed by atoms with E-state index in [9.17, 15) is 13.6 Å². The third kappa shape index (κ3) is 7.04. The van der Waals surface area contributed by atoms with Crippen LogP contribution in [0.5, 0.6) is 5.75 Å². The molecule has 0 aliphatic carbocycles. The Morgan fingerprint density at radius 1 is 1.24 bits per heavy atom. The van der Waals surface area contributed by atoms with Crippen LogP contribution in [0.25, 0.3) is 0 Å². The van der Waals surface area contributed by atoms with Crippen LogP contribution in [0.1, 0.15) is 33.1 Å². The van der Waals surface area contributed by atoms with Crippen LogP contribution < -0.4 is 15.8 Å². The molecule has 0 fully saturated rings. The van der Waals surface area contributed by atoms with E-state index >= 15 is 0 Å². The summed E-state index contributed by atoms with van der Waals surface area (Å²) < 4.78 is 28.3. The normalized spacial score (nSPS) is 13.8. The van der Waals surface area contributed by atoms with Gasteiger partial charge >= 0.3 is 6.61 Å². The average molecular weight is 300 g/mol. The number of alkyl halides is 2. The summed E-state index contributed by atoms with van der Waals surface area (Å²) in [5.41, 5.74) is 6.22. The number of anilines is 1. The molecule has 2 unspecified atom stereocenters. The molecule has 0 radical (unpaired) electrons. The van der Waals surface area contributed by atoms with Gasteiger partial charge in [0, 0.05) is 17.6 Å². The molecule has 1 rings (SSSR count). The van der Waals surface area contributed by atoms with Gasteiger partial charge in [-0.1, -0.05) is 13.3 Å². The van der Waals surface area contributed by atoms with Gasteiger partial charge in [0.1, 0.15) is 5.75 Å². The number of carbonyl (C=O) groups excluding carboxylic acids is 1. The molecule has 0 aliphatic rings. The molecule has 0 heterocycles. The highest BCUT2D eigenvalue weighted by Crippen LogP contribution is 2.19. The summed E-state index contributed by atoms with van der Waals surface area (Å²) in [6, 6.07) is 5.99. The molecule has 0 saturated carbocycles. The second-order valence-electron chi connectivity index (χ2n) is 5.20. The van der Waals surface area contributed by atoms with E-state index < -0.39 is 6.61 Å². The number of amides is 1. The van der Waals surface area contributed by atoms with Gasteiger partial charge in [0.2, 0.25) is 5.91 Å². The van der Waals surface area contributed by atoms with Crippen LogP contribution in [0, 0.1) is 5.92 Å². The van der Waals surface area contributed by atoms with Crippen molar-refractivity contribution in [2.45, 2.75) is 45.8 Å². The van der Waals surface area contributed by atoms with Crippen molar-refractivity contribution in [3.63, 3.8) is 0 Å². The number of halogens is 2. The van der Waals surface area contributed by atoms with Crippen LogP contribution in [0.2, 0.25) is 0 Å². The Morgan fingerprint density at radius 2 is 1.86 bits per heavy atom. The third-order valence-electron chi connectivity index (χ3n) is 3.09. The lowest BCUT2D eigenvalue weighted by Gasteiger charge is -2.13. The first-order valence-corrected chi connectivity index (χ1v) is 6.99. The predicted molar refractivity (Wildman–Crippen MR) is 78.4 cm³/mol. The molecule has 0 spiro atoms. The third-order valence-corrected chi connectivity index (χ3v) is 3.09. The van der Waals surface area contributed by atoms with Crippen LogP contribution in [-0.4, -0.2) is 18.6 Å².